The molecule has 0 spiro atoms. The Bertz CT molecular complexity index is 1210. The van der Waals surface area contributed by atoms with E-state index in [1.165, 1.54) is 0 Å². The number of pyridine rings is 2. The molecule has 6 rings (SSSR count). The summed E-state index contributed by atoms with van der Waals surface area (Å²) in [7, 11) is 0. The number of nitrogens with zero attached hydrogens (tertiary/aromatic N) is 10. The Kier molecular flexibility index (Phi) is 18.2. The smallest absolute Gasteiger partial charge is 0.0582 e. The summed E-state index contributed by atoms with van der Waals surface area (Å²) in [6.07, 6.45) is 15.7. The van der Waals surface area contributed by atoms with Gasteiger partial charge in [-0.3, -0.25) is 9.97 Å². The Morgan fingerprint density at radius 1 is 0.380 bits per heavy atom. The molecule has 0 saturated carbocycles. The SMILES string of the molecule is OCCN1C=CN(Cc2cccc(CN3C=CN(CCO)[CH-]3)n2)[CH-]1.OCCN1C=CN(Cc2cccc(CN3C=CN(CCO)[CH-]3)n2)[CH-]1.[Ag].[Ag]. The molecule has 2 radical (unpaired) electrons. The minimum absolute atomic E-state index is 0. The van der Waals surface area contributed by atoms with Crippen LogP contribution in [-0.4, -0.2) is 122 Å². The molecule has 0 aromatic carbocycles. The predicted molar refractivity (Wildman–Crippen MR) is 180 cm³/mol. The molecule has 0 saturated heterocycles. The van der Waals surface area contributed by atoms with Crippen LogP contribution in [0.3, 0.4) is 0 Å². The van der Waals surface area contributed by atoms with Gasteiger partial charge in [0.25, 0.3) is 0 Å². The summed E-state index contributed by atoms with van der Waals surface area (Å²) in [5.41, 5.74) is 3.98. The average molecular weight is 875 g/mol. The molecule has 282 valence electrons. The third kappa shape index (κ3) is 13.3. The molecule has 2 aromatic heterocycles. The van der Waals surface area contributed by atoms with Crippen LogP contribution in [0, 0.1) is 26.7 Å². The van der Waals surface area contributed by atoms with Gasteiger partial charge in [0.05, 0.1) is 49.2 Å². The second-order valence-electron chi connectivity index (χ2n) is 11.4. The van der Waals surface area contributed by atoms with Crippen LogP contribution in [-0.2, 0) is 70.9 Å². The van der Waals surface area contributed by atoms with E-state index in [2.05, 4.69) is 0 Å². The summed E-state index contributed by atoms with van der Waals surface area (Å²) in [6.45, 7) is 13.6. The minimum Gasteiger partial charge on any atom is -0.506 e. The second kappa shape index (κ2) is 22.0. The minimum atomic E-state index is 0. The van der Waals surface area contributed by atoms with E-state index < -0.39 is 0 Å². The topological polar surface area (TPSA) is 133 Å². The van der Waals surface area contributed by atoms with Crippen LogP contribution in [0.2, 0.25) is 0 Å². The maximum absolute atomic E-state index is 8.97. The van der Waals surface area contributed by atoms with Gasteiger partial charge < -0.3 is 59.6 Å². The Balaban J connectivity index is 0.000000260. The molecule has 0 atom stereocenters. The van der Waals surface area contributed by atoms with Crippen molar-refractivity contribution in [3.63, 3.8) is 0 Å². The first-order valence-corrected chi connectivity index (χ1v) is 16.1. The van der Waals surface area contributed by atoms with Crippen LogP contribution >= 0.6 is 0 Å². The van der Waals surface area contributed by atoms with Gasteiger partial charge in [-0.05, 0) is 73.9 Å². The summed E-state index contributed by atoms with van der Waals surface area (Å²) in [6, 6.07) is 12.1. The molecule has 0 amide bonds. The average Bonchev–Trinajstić information content (AvgIpc) is 3.90. The first-order valence-electron chi connectivity index (χ1n) is 16.1. The largest absolute Gasteiger partial charge is 0.506 e. The fourth-order valence-corrected chi connectivity index (χ4v) is 5.28. The number of hydrogen-bond donors (Lipinski definition) is 4. The number of aromatic nitrogens is 2. The van der Waals surface area contributed by atoms with E-state index >= 15 is 0 Å². The first kappa shape index (κ1) is 41.4. The molecule has 0 bridgehead atoms. The van der Waals surface area contributed by atoms with Crippen molar-refractivity contribution in [2.45, 2.75) is 26.2 Å². The van der Waals surface area contributed by atoms with Crippen LogP contribution in [0.4, 0.5) is 0 Å². The molecule has 6 heterocycles. The van der Waals surface area contributed by atoms with Crippen LogP contribution in [0.15, 0.2) is 86.0 Å². The molecule has 4 aliphatic rings. The fraction of sp³-hybridized carbons (Fsp3) is 0.353. The molecule has 0 aliphatic carbocycles. The normalized spacial score (nSPS) is 16.1. The third-order valence-corrected chi connectivity index (χ3v) is 7.52. The summed E-state index contributed by atoms with van der Waals surface area (Å²) in [5, 5.41) is 35.9. The van der Waals surface area contributed by atoms with Gasteiger partial charge in [0.15, 0.2) is 0 Å². The van der Waals surface area contributed by atoms with Crippen LogP contribution in [0.25, 0.3) is 0 Å². The number of aliphatic hydroxyl groups excluding tert-OH is 4. The predicted octanol–water partition coefficient (Wildman–Crippen LogP) is 0.960. The second-order valence-corrected chi connectivity index (χ2v) is 11.4. The Morgan fingerprint density at radius 3 is 0.820 bits per heavy atom. The van der Waals surface area contributed by atoms with E-state index in [1.54, 1.807) is 0 Å². The quantitative estimate of drug-likeness (QED) is 0.141. The van der Waals surface area contributed by atoms with E-state index in [0.29, 0.717) is 52.4 Å². The summed E-state index contributed by atoms with van der Waals surface area (Å²) in [4.78, 5) is 25.4. The first-order chi connectivity index (χ1) is 23.5. The van der Waals surface area contributed by atoms with Gasteiger partial charge in [0, 0.05) is 97.1 Å². The maximum atomic E-state index is 8.97. The summed E-state index contributed by atoms with van der Waals surface area (Å²) >= 11 is 0. The maximum Gasteiger partial charge on any atom is 0.0582 e. The number of hydrogen-bond acceptors (Lipinski definition) is 14. The molecule has 50 heavy (non-hydrogen) atoms. The van der Waals surface area contributed by atoms with Gasteiger partial charge in [0.2, 0.25) is 0 Å². The van der Waals surface area contributed by atoms with Crippen molar-refractivity contribution in [3.05, 3.63) is 135 Å². The molecule has 14 nitrogen and oxygen atoms in total. The van der Waals surface area contributed by atoms with Crippen molar-refractivity contribution in [1.29, 1.82) is 0 Å². The molecular weight excluding hydrogens is 828 g/mol. The van der Waals surface area contributed by atoms with Crippen LogP contribution < -0.4 is 0 Å². The number of rotatable bonds is 16. The molecule has 4 N–H and O–H groups in total. The molecule has 16 heteroatoms. The molecule has 0 fully saturated rings. The fourth-order valence-electron chi connectivity index (χ4n) is 5.28. The Morgan fingerprint density at radius 2 is 0.600 bits per heavy atom. The third-order valence-electron chi connectivity index (χ3n) is 7.52. The van der Waals surface area contributed by atoms with E-state index in [1.807, 2.05) is 152 Å². The monoisotopic (exact) mass is 872 g/mol. The van der Waals surface area contributed by atoms with E-state index in [0.717, 1.165) is 22.8 Å². The zero-order chi connectivity index (χ0) is 33.6. The van der Waals surface area contributed by atoms with Gasteiger partial charge >= 0.3 is 0 Å². The molecule has 2 aromatic rings. The van der Waals surface area contributed by atoms with E-state index in [-0.39, 0.29) is 71.2 Å². The molecular formula is C34H46Ag2N10O4-4. The zero-order valence-corrected chi connectivity index (χ0v) is 30.7. The number of β-amino-alcohol motifs (C(OH)–C–C–N with tert-alkyl or cyclic N) is 4. The van der Waals surface area contributed by atoms with Crippen molar-refractivity contribution < 1.29 is 65.2 Å². The molecule has 0 unspecified atom stereocenters. The summed E-state index contributed by atoms with van der Waals surface area (Å²) in [5.74, 6) is 0. The van der Waals surface area contributed by atoms with Gasteiger partial charge in [0.1, 0.15) is 0 Å². The van der Waals surface area contributed by atoms with Crippen LogP contribution in [0.5, 0.6) is 0 Å². The zero-order valence-electron chi connectivity index (χ0n) is 27.7. The van der Waals surface area contributed by atoms with Crippen molar-refractivity contribution >= 4 is 0 Å². The number of aliphatic hydroxyl groups is 4. The van der Waals surface area contributed by atoms with Crippen molar-refractivity contribution in [2.24, 2.45) is 0 Å². The van der Waals surface area contributed by atoms with Gasteiger partial charge in [-0.1, -0.05) is 12.1 Å². The summed E-state index contributed by atoms with van der Waals surface area (Å²) < 4.78 is 0. The molecule has 4 aliphatic heterocycles. The van der Waals surface area contributed by atoms with Gasteiger partial charge in [-0.25, -0.2) is 0 Å². The van der Waals surface area contributed by atoms with E-state index in [9.17, 15) is 0 Å². The van der Waals surface area contributed by atoms with Gasteiger partial charge in [-0.2, -0.15) is 26.7 Å². The van der Waals surface area contributed by atoms with Crippen molar-refractivity contribution in [1.82, 2.24) is 49.2 Å². The van der Waals surface area contributed by atoms with Gasteiger partial charge in [-0.15, -0.1) is 0 Å². The van der Waals surface area contributed by atoms with E-state index in [4.69, 9.17) is 30.4 Å². The van der Waals surface area contributed by atoms with Crippen molar-refractivity contribution in [2.75, 3.05) is 52.6 Å². The standard InChI is InChI=1S/2C17H23N5O2.2Ag/c2*23-10-8-19-4-6-21(14-19)12-16-2-1-3-17(18-16)13-22-7-5-20(15-22)9-11-24;;/h2*1-7,14-15,23-24H,8-13H2;;/q2*-2;;. The van der Waals surface area contributed by atoms with Crippen molar-refractivity contribution in [3.8, 4) is 0 Å². The van der Waals surface area contributed by atoms with Crippen LogP contribution in [0.1, 0.15) is 22.8 Å². The Labute approximate surface area is 326 Å². The Hall–Kier alpha value is -3.02.